The topological polar surface area (TPSA) is 95.9 Å². The number of aliphatic hydroxyl groups is 2. The van der Waals surface area contributed by atoms with E-state index in [0.29, 0.717) is 25.9 Å². The van der Waals surface area contributed by atoms with E-state index in [9.17, 15) is 19.8 Å². The van der Waals surface area contributed by atoms with Gasteiger partial charge in [0.25, 0.3) is 0 Å². The van der Waals surface area contributed by atoms with Gasteiger partial charge >= 0.3 is 5.97 Å². The number of allylic oxidation sites excluding steroid dienone is 4. The van der Waals surface area contributed by atoms with Crippen molar-refractivity contribution in [2.24, 2.45) is 0 Å². The van der Waals surface area contributed by atoms with Gasteiger partial charge in [0, 0.05) is 12.8 Å². The zero-order valence-electron chi connectivity index (χ0n) is 56.5. The van der Waals surface area contributed by atoms with E-state index >= 15 is 0 Å². The number of ether oxygens (including phenoxy) is 1. The molecular weight excluding hydrogens is 1020 g/mol. The largest absolute Gasteiger partial charge is 0.466 e. The molecule has 0 spiro atoms. The lowest BCUT2D eigenvalue weighted by molar-refractivity contribution is -0.143. The second-order valence-electron chi connectivity index (χ2n) is 26.3. The SMILES string of the molecule is CCCCCCCCCCCCCCCCCCCCCCCCCCC(O)C(CO)NC(=O)CCCCCCCCCCCCCCC/C=C\C/C=C\CCCCCCCCCCCOC(=O)CCCCCCCCCCCCCCC. The Labute approximate surface area is 520 Å². The van der Waals surface area contributed by atoms with Crippen LogP contribution in [0.3, 0.4) is 0 Å². The quantitative estimate of drug-likeness (QED) is 0.0320. The maximum absolute atomic E-state index is 12.6. The Balaban J connectivity index is 3.40. The molecule has 0 radical (unpaired) electrons. The van der Waals surface area contributed by atoms with Gasteiger partial charge in [0.05, 0.1) is 25.4 Å². The van der Waals surface area contributed by atoms with Crippen LogP contribution < -0.4 is 5.32 Å². The summed E-state index contributed by atoms with van der Waals surface area (Å²) in [6.45, 7) is 5.00. The maximum Gasteiger partial charge on any atom is 0.305 e. The molecule has 1 amide bonds. The van der Waals surface area contributed by atoms with Crippen molar-refractivity contribution in [1.82, 2.24) is 5.32 Å². The van der Waals surface area contributed by atoms with Gasteiger partial charge in [0.2, 0.25) is 5.91 Å². The molecule has 2 unspecified atom stereocenters. The average Bonchev–Trinajstić information content (AvgIpc) is 3.49. The highest BCUT2D eigenvalue weighted by Gasteiger charge is 2.20. The van der Waals surface area contributed by atoms with Crippen molar-refractivity contribution < 1.29 is 24.5 Å². The molecule has 3 N–H and O–H groups in total. The molecule has 492 valence electrons. The van der Waals surface area contributed by atoms with E-state index in [1.165, 1.54) is 353 Å². The number of amides is 1. The predicted molar refractivity (Wildman–Crippen MR) is 366 cm³/mol. The smallest absolute Gasteiger partial charge is 0.305 e. The minimum absolute atomic E-state index is 0.0145. The molecule has 0 fully saturated rings. The minimum atomic E-state index is -0.666. The molecule has 6 nitrogen and oxygen atoms in total. The molecule has 0 saturated carbocycles. The molecule has 0 aromatic rings. The van der Waals surface area contributed by atoms with Crippen molar-refractivity contribution in [2.45, 2.75) is 443 Å². The maximum atomic E-state index is 12.6. The molecule has 0 aromatic carbocycles. The Hall–Kier alpha value is -1.66. The van der Waals surface area contributed by atoms with E-state index in [1.807, 2.05) is 0 Å². The summed E-state index contributed by atoms with van der Waals surface area (Å²) in [5.41, 5.74) is 0. The average molecular weight is 1170 g/mol. The molecule has 0 aromatic heterocycles. The molecule has 83 heavy (non-hydrogen) atoms. The highest BCUT2D eigenvalue weighted by molar-refractivity contribution is 5.76. The molecule has 2 atom stereocenters. The summed E-state index contributed by atoms with van der Waals surface area (Å²) >= 11 is 0. The van der Waals surface area contributed by atoms with Crippen molar-refractivity contribution in [3.8, 4) is 0 Å². The molecule has 0 rings (SSSR count). The fraction of sp³-hybridized carbons (Fsp3) is 0.922. The first-order valence-electron chi connectivity index (χ1n) is 38.1. The van der Waals surface area contributed by atoms with Gasteiger partial charge in [-0.25, -0.2) is 0 Å². The minimum Gasteiger partial charge on any atom is -0.466 e. The number of aliphatic hydroxyl groups excluding tert-OH is 2. The fourth-order valence-electron chi connectivity index (χ4n) is 12.2. The van der Waals surface area contributed by atoms with Gasteiger partial charge in [-0.3, -0.25) is 9.59 Å². The first-order valence-corrected chi connectivity index (χ1v) is 38.1. The lowest BCUT2D eigenvalue weighted by atomic mass is 10.0. The van der Waals surface area contributed by atoms with Crippen LogP contribution in [0.5, 0.6) is 0 Å². The van der Waals surface area contributed by atoms with E-state index < -0.39 is 12.1 Å². The van der Waals surface area contributed by atoms with Crippen LogP contribution in [0.15, 0.2) is 24.3 Å². The van der Waals surface area contributed by atoms with Gasteiger partial charge in [-0.2, -0.15) is 0 Å². The Morgan fingerprint density at radius 2 is 0.602 bits per heavy atom. The molecule has 0 heterocycles. The molecule has 0 bridgehead atoms. The number of carbonyl (C=O) groups excluding carboxylic acids is 2. The third kappa shape index (κ3) is 69.3. The zero-order chi connectivity index (χ0) is 59.9. The van der Waals surface area contributed by atoms with Crippen LogP contribution in [0, 0.1) is 0 Å². The molecular formula is C77H149NO5. The van der Waals surface area contributed by atoms with Crippen LogP contribution in [0.2, 0.25) is 0 Å². The van der Waals surface area contributed by atoms with Crippen LogP contribution >= 0.6 is 0 Å². The summed E-state index contributed by atoms with van der Waals surface area (Å²) in [4.78, 5) is 24.6. The molecule has 0 aliphatic rings. The Bertz CT molecular complexity index is 1300. The number of hydrogen-bond donors (Lipinski definition) is 3. The van der Waals surface area contributed by atoms with E-state index in [4.69, 9.17) is 4.74 Å². The number of nitrogens with one attached hydrogen (secondary N) is 1. The van der Waals surface area contributed by atoms with Crippen LogP contribution in [-0.2, 0) is 14.3 Å². The van der Waals surface area contributed by atoms with E-state index in [2.05, 4.69) is 43.5 Å². The summed E-state index contributed by atoms with van der Waals surface area (Å²) in [5.74, 6) is -0.0161. The number of rotatable bonds is 72. The van der Waals surface area contributed by atoms with Gasteiger partial charge in [0.15, 0.2) is 0 Å². The van der Waals surface area contributed by atoms with Gasteiger partial charge in [0.1, 0.15) is 0 Å². The number of hydrogen-bond acceptors (Lipinski definition) is 5. The molecule has 6 heteroatoms. The summed E-state index contributed by atoms with van der Waals surface area (Å²) in [7, 11) is 0. The van der Waals surface area contributed by atoms with E-state index in [-0.39, 0.29) is 18.5 Å². The zero-order valence-corrected chi connectivity index (χ0v) is 56.5. The van der Waals surface area contributed by atoms with Crippen LogP contribution in [0.1, 0.15) is 431 Å². The standard InChI is InChI=1S/C77H149NO5/c1-3-5-7-9-11-13-15-17-18-19-20-21-22-30-33-36-39-42-46-49-53-57-61-65-69-75(80)74(73-79)78-76(81)70-66-62-58-54-50-47-43-40-37-34-31-28-26-24-23-25-27-29-32-35-38-41-44-48-52-56-60-64-68-72-83-77(82)71-67-63-59-55-51-45-16-14-12-10-8-6-4-2/h23,25,29,32,74-75,79-80H,3-22,24,26-28,30-31,33-73H2,1-2H3,(H,78,81)/b25-23-,32-29-. The molecule has 0 aliphatic heterocycles. The normalized spacial score (nSPS) is 12.6. The van der Waals surface area contributed by atoms with Crippen molar-refractivity contribution in [1.29, 1.82) is 0 Å². The van der Waals surface area contributed by atoms with Gasteiger partial charge in [-0.1, -0.05) is 385 Å². The Morgan fingerprint density at radius 1 is 0.337 bits per heavy atom. The first kappa shape index (κ1) is 81.3. The third-order valence-corrected chi connectivity index (χ3v) is 18.0. The number of carbonyl (C=O) groups is 2. The fourth-order valence-corrected chi connectivity index (χ4v) is 12.2. The second-order valence-corrected chi connectivity index (χ2v) is 26.3. The number of unbranched alkanes of at least 4 members (excludes halogenated alkanes) is 57. The summed E-state index contributed by atoms with van der Waals surface area (Å²) in [5, 5.41) is 23.5. The lowest BCUT2D eigenvalue weighted by Gasteiger charge is -2.22. The lowest BCUT2D eigenvalue weighted by Crippen LogP contribution is -2.45. The summed E-state index contributed by atoms with van der Waals surface area (Å²) < 4.78 is 5.49. The van der Waals surface area contributed by atoms with Crippen molar-refractivity contribution in [3.63, 3.8) is 0 Å². The highest BCUT2D eigenvalue weighted by atomic mass is 16.5. The Kier molecular flexibility index (Phi) is 71.4. The summed E-state index contributed by atoms with van der Waals surface area (Å²) in [6, 6.07) is -0.544. The van der Waals surface area contributed by atoms with Crippen LogP contribution in [-0.4, -0.2) is 47.4 Å². The van der Waals surface area contributed by atoms with Crippen molar-refractivity contribution >= 4 is 11.9 Å². The highest BCUT2D eigenvalue weighted by Crippen LogP contribution is 2.20. The van der Waals surface area contributed by atoms with Crippen molar-refractivity contribution in [2.75, 3.05) is 13.2 Å². The Morgan fingerprint density at radius 3 is 0.916 bits per heavy atom. The van der Waals surface area contributed by atoms with Gasteiger partial charge in [-0.05, 0) is 57.8 Å². The van der Waals surface area contributed by atoms with Gasteiger partial charge < -0.3 is 20.3 Å². The van der Waals surface area contributed by atoms with Gasteiger partial charge in [-0.15, -0.1) is 0 Å². The number of esters is 1. The monoisotopic (exact) mass is 1170 g/mol. The van der Waals surface area contributed by atoms with Crippen LogP contribution in [0.4, 0.5) is 0 Å². The van der Waals surface area contributed by atoms with Crippen LogP contribution in [0.25, 0.3) is 0 Å². The van der Waals surface area contributed by atoms with Crippen molar-refractivity contribution in [3.05, 3.63) is 24.3 Å². The summed E-state index contributed by atoms with van der Waals surface area (Å²) in [6.07, 6.45) is 92.5. The second kappa shape index (κ2) is 72.8. The molecule has 0 saturated heterocycles. The van der Waals surface area contributed by atoms with E-state index in [1.54, 1.807) is 0 Å². The molecule has 0 aliphatic carbocycles. The predicted octanol–water partition coefficient (Wildman–Crippen LogP) is 24.9. The third-order valence-electron chi connectivity index (χ3n) is 18.0. The van der Waals surface area contributed by atoms with E-state index in [0.717, 1.165) is 44.9 Å². The first-order chi connectivity index (χ1) is 41.0.